The van der Waals surface area contributed by atoms with Crippen LogP contribution in [0.15, 0.2) is 53.0 Å². The van der Waals surface area contributed by atoms with Crippen molar-refractivity contribution in [3.05, 3.63) is 69.2 Å². The second-order valence-electron chi connectivity index (χ2n) is 5.64. The Morgan fingerprint density at radius 3 is 2.52 bits per heavy atom. The summed E-state index contributed by atoms with van der Waals surface area (Å²) in [5, 5.41) is 4.03. The molecule has 0 aromatic heterocycles. The number of hydrogen-bond donors (Lipinski definition) is 1. The highest BCUT2D eigenvalue weighted by atomic mass is 79.9. The zero-order valence-electron chi connectivity index (χ0n) is 13.8. The molecule has 3 aromatic rings. The van der Waals surface area contributed by atoms with E-state index in [1.807, 2.05) is 24.3 Å². The molecule has 0 unspecified atom stereocenters. The van der Waals surface area contributed by atoms with Gasteiger partial charge in [0, 0.05) is 0 Å². The fourth-order valence-electron chi connectivity index (χ4n) is 2.64. The number of amides is 1. The number of ether oxygens (including phenoxy) is 1. The first-order chi connectivity index (χ1) is 12.7. The van der Waals surface area contributed by atoms with Gasteiger partial charge in [0.15, 0.2) is 0 Å². The molecule has 140 valence electrons. The van der Waals surface area contributed by atoms with Crippen molar-refractivity contribution in [3.63, 3.8) is 0 Å². The Bertz CT molecular complexity index is 1040. The maximum Gasteiger partial charge on any atom is 0.416 e. The van der Waals surface area contributed by atoms with Gasteiger partial charge in [-0.15, -0.1) is 0 Å². The largest absolute Gasteiger partial charge is 0.495 e. The van der Waals surface area contributed by atoms with Gasteiger partial charge in [0.25, 0.3) is 5.91 Å². The van der Waals surface area contributed by atoms with Crippen molar-refractivity contribution in [2.75, 3.05) is 12.4 Å². The number of alkyl halides is 3. The molecule has 0 aliphatic heterocycles. The smallest absolute Gasteiger partial charge is 0.416 e. The third-order valence-electron chi connectivity index (χ3n) is 3.93. The van der Waals surface area contributed by atoms with Crippen molar-refractivity contribution in [2.24, 2.45) is 0 Å². The highest BCUT2D eigenvalue weighted by Gasteiger charge is 2.31. The maximum absolute atomic E-state index is 12.9. The van der Waals surface area contributed by atoms with Crippen LogP contribution in [0, 0.1) is 0 Å². The van der Waals surface area contributed by atoms with Gasteiger partial charge in [0.2, 0.25) is 0 Å². The van der Waals surface area contributed by atoms with Gasteiger partial charge < -0.3 is 10.1 Å². The Labute approximate surface area is 166 Å². The summed E-state index contributed by atoms with van der Waals surface area (Å²) in [6, 6.07) is 11.7. The second kappa shape index (κ2) is 7.40. The van der Waals surface area contributed by atoms with E-state index in [9.17, 15) is 18.0 Å². The number of anilines is 1. The van der Waals surface area contributed by atoms with E-state index in [-0.39, 0.29) is 22.0 Å². The fourth-order valence-corrected chi connectivity index (χ4v) is 3.54. The summed E-state index contributed by atoms with van der Waals surface area (Å²) in [4.78, 5) is 12.8. The van der Waals surface area contributed by atoms with Crippen molar-refractivity contribution >= 4 is 49.9 Å². The SMILES string of the molecule is COc1c(C(=O)Nc2cc(C(F)(F)F)ccc2Cl)cc2ccccc2c1Br. The van der Waals surface area contributed by atoms with Gasteiger partial charge in [-0.3, -0.25) is 4.79 Å². The van der Waals surface area contributed by atoms with Crippen LogP contribution in [0.2, 0.25) is 5.02 Å². The molecule has 0 aliphatic rings. The summed E-state index contributed by atoms with van der Waals surface area (Å²) in [5.41, 5.74) is -0.881. The number of benzene rings is 3. The number of nitrogens with one attached hydrogen (secondary N) is 1. The highest BCUT2D eigenvalue weighted by Crippen LogP contribution is 2.38. The molecule has 0 heterocycles. The van der Waals surface area contributed by atoms with Crippen molar-refractivity contribution in [2.45, 2.75) is 6.18 Å². The van der Waals surface area contributed by atoms with Gasteiger partial charge in [-0.25, -0.2) is 0 Å². The predicted molar refractivity (Wildman–Crippen MR) is 103 cm³/mol. The molecule has 1 N–H and O–H groups in total. The summed E-state index contributed by atoms with van der Waals surface area (Å²) in [5.74, 6) is -0.367. The van der Waals surface area contributed by atoms with Crippen molar-refractivity contribution in [3.8, 4) is 5.75 Å². The fraction of sp³-hybridized carbons (Fsp3) is 0.105. The van der Waals surface area contributed by atoms with E-state index in [0.29, 0.717) is 4.47 Å². The quantitative estimate of drug-likeness (QED) is 0.484. The standard InChI is InChI=1S/C19H12BrClF3NO2/c1-27-17-13(8-10-4-2-3-5-12(10)16(17)20)18(26)25-15-9-11(19(22,23)24)6-7-14(15)21/h2-9H,1H3,(H,25,26). The minimum absolute atomic E-state index is 0.00447. The van der Waals surface area contributed by atoms with E-state index < -0.39 is 17.6 Å². The van der Waals surface area contributed by atoms with Crippen LogP contribution < -0.4 is 10.1 Å². The molecular weight excluding hydrogens is 447 g/mol. The van der Waals surface area contributed by atoms with Crippen LogP contribution in [0.25, 0.3) is 10.8 Å². The van der Waals surface area contributed by atoms with Crippen LogP contribution >= 0.6 is 27.5 Å². The summed E-state index contributed by atoms with van der Waals surface area (Å²) in [7, 11) is 1.41. The van der Waals surface area contributed by atoms with Crippen molar-refractivity contribution < 1.29 is 22.7 Å². The zero-order valence-corrected chi connectivity index (χ0v) is 16.2. The topological polar surface area (TPSA) is 38.3 Å². The third kappa shape index (κ3) is 3.89. The van der Waals surface area contributed by atoms with Crippen molar-refractivity contribution in [1.29, 1.82) is 0 Å². The van der Waals surface area contributed by atoms with Gasteiger partial charge in [0.1, 0.15) is 5.75 Å². The van der Waals surface area contributed by atoms with Gasteiger partial charge in [-0.05, 0) is 51.0 Å². The normalized spacial score (nSPS) is 11.5. The minimum atomic E-state index is -4.55. The number of carbonyl (C=O) groups is 1. The molecule has 0 saturated carbocycles. The predicted octanol–water partition coefficient (Wildman–Crippen LogP) is 6.54. The van der Waals surface area contributed by atoms with Gasteiger partial charge >= 0.3 is 6.18 Å². The lowest BCUT2D eigenvalue weighted by Gasteiger charge is -2.15. The first-order valence-corrected chi connectivity index (χ1v) is 8.83. The van der Waals surface area contributed by atoms with Crippen molar-refractivity contribution in [1.82, 2.24) is 0 Å². The van der Waals surface area contributed by atoms with E-state index in [1.54, 1.807) is 6.07 Å². The Kier molecular flexibility index (Phi) is 5.35. The van der Waals surface area contributed by atoms with E-state index >= 15 is 0 Å². The molecule has 0 atom stereocenters. The minimum Gasteiger partial charge on any atom is -0.495 e. The molecule has 0 radical (unpaired) electrons. The Morgan fingerprint density at radius 2 is 1.85 bits per heavy atom. The van der Waals surface area contributed by atoms with Gasteiger partial charge in [-0.1, -0.05) is 35.9 Å². The Morgan fingerprint density at radius 1 is 1.15 bits per heavy atom. The molecule has 1 amide bonds. The molecular formula is C19H12BrClF3NO2. The first kappa shape index (κ1) is 19.5. The molecule has 0 saturated heterocycles. The molecule has 3 nitrogen and oxygen atoms in total. The Hall–Kier alpha value is -2.25. The number of hydrogen-bond acceptors (Lipinski definition) is 2. The monoisotopic (exact) mass is 457 g/mol. The van der Waals surface area contributed by atoms with Crippen LogP contribution in [0.1, 0.15) is 15.9 Å². The number of rotatable bonds is 3. The summed E-state index contributed by atoms with van der Waals surface area (Å²) < 4.78 is 44.7. The summed E-state index contributed by atoms with van der Waals surface area (Å²) in [6.45, 7) is 0. The highest BCUT2D eigenvalue weighted by molar-refractivity contribution is 9.10. The average molecular weight is 459 g/mol. The molecule has 8 heteroatoms. The third-order valence-corrected chi connectivity index (χ3v) is 5.05. The summed E-state index contributed by atoms with van der Waals surface area (Å²) in [6.07, 6.45) is -4.55. The molecule has 3 aromatic carbocycles. The zero-order chi connectivity index (χ0) is 19.8. The number of carbonyl (C=O) groups excluding carboxylic acids is 1. The lowest BCUT2D eigenvalue weighted by atomic mass is 10.0. The average Bonchev–Trinajstić information content (AvgIpc) is 2.62. The van der Waals surface area contributed by atoms with E-state index in [1.165, 1.54) is 7.11 Å². The Balaban J connectivity index is 2.05. The van der Waals surface area contributed by atoms with Crippen LogP contribution in [0.3, 0.4) is 0 Å². The first-order valence-electron chi connectivity index (χ1n) is 7.65. The molecule has 0 spiro atoms. The van der Waals surface area contributed by atoms with E-state index in [0.717, 1.165) is 29.0 Å². The van der Waals surface area contributed by atoms with E-state index in [4.69, 9.17) is 16.3 Å². The van der Waals surface area contributed by atoms with Crippen LogP contribution in [-0.4, -0.2) is 13.0 Å². The van der Waals surface area contributed by atoms with Crippen LogP contribution in [0.5, 0.6) is 5.75 Å². The summed E-state index contributed by atoms with van der Waals surface area (Å²) >= 11 is 9.37. The molecule has 0 bridgehead atoms. The molecule has 3 rings (SSSR count). The number of fused-ring (bicyclic) bond motifs is 1. The second-order valence-corrected chi connectivity index (χ2v) is 6.84. The molecule has 0 fully saturated rings. The molecule has 27 heavy (non-hydrogen) atoms. The van der Waals surface area contributed by atoms with Gasteiger partial charge in [-0.2, -0.15) is 13.2 Å². The molecule has 0 aliphatic carbocycles. The number of halogens is 5. The number of methoxy groups -OCH3 is 1. The van der Waals surface area contributed by atoms with Crippen LogP contribution in [0.4, 0.5) is 18.9 Å². The maximum atomic E-state index is 12.9. The van der Waals surface area contributed by atoms with Crippen LogP contribution in [-0.2, 0) is 6.18 Å². The lowest BCUT2D eigenvalue weighted by Crippen LogP contribution is -2.15. The van der Waals surface area contributed by atoms with Gasteiger partial charge in [0.05, 0.1) is 33.4 Å². The lowest BCUT2D eigenvalue weighted by molar-refractivity contribution is -0.137. The van der Waals surface area contributed by atoms with E-state index in [2.05, 4.69) is 21.2 Å².